The molecule has 68 valence electrons. The van der Waals surface area contributed by atoms with Gasteiger partial charge in [-0.3, -0.25) is 4.68 Å². The van der Waals surface area contributed by atoms with Crippen molar-refractivity contribution in [1.82, 2.24) is 18.5 Å². The smallest absolute Gasteiger partial charge is 0.127 e. The number of aryl methyl sites for hydroxylation is 1. The van der Waals surface area contributed by atoms with Crippen molar-refractivity contribution in [3.05, 3.63) is 29.8 Å². The zero-order chi connectivity index (χ0) is 9.26. The topological polar surface area (TPSA) is 63.8 Å². The van der Waals surface area contributed by atoms with Gasteiger partial charge in [0.25, 0.3) is 0 Å². The molecule has 0 bridgehead atoms. The van der Waals surface area contributed by atoms with Crippen LogP contribution in [0.5, 0.6) is 0 Å². The highest BCUT2D eigenvalue weighted by atomic mass is 32.1. The van der Waals surface area contributed by atoms with Crippen molar-refractivity contribution in [3.63, 3.8) is 0 Å². The van der Waals surface area contributed by atoms with Crippen molar-refractivity contribution in [1.29, 1.82) is 0 Å². The lowest BCUT2D eigenvalue weighted by Gasteiger charge is -2.01. The van der Waals surface area contributed by atoms with Gasteiger partial charge in [-0.25, -0.2) is 0 Å². The van der Waals surface area contributed by atoms with E-state index in [9.17, 15) is 5.11 Å². The van der Waals surface area contributed by atoms with Crippen molar-refractivity contribution in [2.24, 2.45) is 7.05 Å². The molecule has 0 aromatic carbocycles. The quantitative estimate of drug-likeness (QED) is 0.753. The monoisotopic (exact) mass is 196 g/mol. The van der Waals surface area contributed by atoms with Gasteiger partial charge in [0.15, 0.2) is 0 Å². The summed E-state index contributed by atoms with van der Waals surface area (Å²) >= 11 is 1.08. The van der Waals surface area contributed by atoms with Gasteiger partial charge in [0, 0.05) is 18.8 Å². The van der Waals surface area contributed by atoms with Crippen molar-refractivity contribution in [3.8, 4) is 0 Å². The number of rotatable bonds is 2. The average molecular weight is 196 g/mol. The molecule has 0 aliphatic carbocycles. The van der Waals surface area contributed by atoms with Crippen molar-refractivity contribution < 1.29 is 5.11 Å². The molecule has 0 radical (unpaired) electrons. The standard InChI is InChI=1S/C7H8N4OS/c1-11-4-5(2-8-11)7(12)6-3-9-13-10-6/h2-4,7,12H,1H3. The molecule has 2 aromatic rings. The van der Waals surface area contributed by atoms with E-state index >= 15 is 0 Å². The molecule has 0 fully saturated rings. The third-order valence-corrected chi connectivity index (χ3v) is 2.19. The van der Waals surface area contributed by atoms with Crippen LogP contribution in [0.1, 0.15) is 17.4 Å². The Balaban J connectivity index is 2.28. The maximum absolute atomic E-state index is 9.74. The summed E-state index contributed by atoms with van der Waals surface area (Å²) in [4.78, 5) is 0. The van der Waals surface area contributed by atoms with Crippen molar-refractivity contribution in [2.45, 2.75) is 6.10 Å². The Labute approximate surface area is 79.0 Å². The summed E-state index contributed by atoms with van der Waals surface area (Å²) in [7, 11) is 1.80. The molecule has 2 heterocycles. The van der Waals surface area contributed by atoms with Crippen LogP contribution in [0, 0.1) is 0 Å². The average Bonchev–Trinajstić information content (AvgIpc) is 2.72. The number of hydrogen-bond acceptors (Lipinski definition) is 5. The first-order chi connectivity index (χ1) is 6.27. The second-order valence-corrected chi connectivity index (χ2v) is 3.24. The summed E-state index contributed by atoms with van der Waals surface area (Å²) in [6.45, 7) is 0. The third kappa shape index (κ3) is 1.58. The molecule has 0 saturated carbocycles. The normalized spacial score (nSPS) is 13.1. The fraction of sp³-hybridized carbons (Fsp3) is 0.286. The summed E-state index contributed by atoms with van der Waals surface area (Å²) in [6.07, 6.45) is 4.21. The lowest BCUT2D eigenvalue weighted by molar-refractivity contribution is 0.216. The molecule has 0 aliphatic rings. The molecule has 0 saturated heterocycles. The summed E-state index contributed by atoms with van der Waals surface area (Å²) in [5.41, 5.74) is 1.30. The van der Waals surface area contributed by atoms with E-state index in [-0.39, 0.29) is 0 Å². The van der Waals surface area contributed by atoms with Gasteiger partial charge in [0.2, 0.25) is 0 Å². The van der Waals surface area contributed by atoms with Crippen LogP contribution in [0.2, 0.25) is 0 Å². The molecule has 5 nitrogen and oxygen atoms in total. The number of aromatic nitrogens is 4. The van der Waals surface area contributed by atoms with Crippen LogP contribution in [-0.4, -0.2) is 23.6 Å². The maximum atomic E-state index is 9.74. The summed E-state index contributed by atoms with van der Waals surface area (Å²) in [6, 6.07) is 0. The Morgan fingerprint density at radius 1 is 1.54 bits per heavy atom. The van der Waals surface area contributed by atoms with Crippen LogP contribution in [0.4, 0.5) is 0 Å². The predicted molar refractivity (Wildman–Crippen MR) is 47.2 cm³/mol. The Morgan fingerprint density at radius 2 is 2.38 bits per heavy atom. The van der Waals surface area contributed by atoms with E-state index in [0.717, 1.165) is 17.3 Å². The Hall–Kier alpha value is -1.27. The Kier molecular flexibility index (Phi) is 2.07. The second kappa shape index (κ2) is 3.23. The van der Waals surface area contributed by atoms with E-state index in [2.05, 4.69) is 13.8 Å². The van der Waals surface area contributed by atoms with E-state index in [1.165, 1.54) is 0 Å². The van der Waals surface area contributed by atoms with E-state index in [1.54, 1.807) is 30.3 Å². The Morgan fingerprint density at radius 3 is 2.92 bits per heavy atom. The number of nitrogens with zero attached hydrogens (tertiary/aromatic N) is 4. The minimum Gasteiger partial charge on any atom is -0.382 e. The fourth-order valence-corrected chi connectivity index (χ4v) is 1.49. The molecule has 13 heavy (non-hydrogen) atoms. The first-order valence-electron chi connectivity index (χ1n) is 3.71. The van der Waals surface area contributed by atoms with Crippen LogP contribution in [-0.2, 0) is 7.05 Å². The highest BCUT2D eigenvalue weighted by molar-refractivity contribution is 6.99. The zero-order valence-corrected chi connectivity index (χ0v) is 7.77. The number of aliphatic hydroxyl groups is 1. The van der Waals surface area contributed by atoms with Crippen molar-refractivity contribution >= 4 is 11.7 Å². The van der Waals surface area contributed by atoms with E-state index in [1.807, 2.05) is 0 Å². The maximum Gasteiger partial charge on any atom is 0.127 e. The molecule has 1 unspecified atom stereocenters. The third-order valence-electron chi connectivity index (χ3n) is 1.70. The van der Waals surface area contributed by atoms with Crippen LogP contribution in [0.25, 0.3) is 0 Å². The summed E-state index contributed by atoms with van der Waals surface area (Å²) in [5.74, 6) is 0. The minimum absolute atomic E-state index is 0.568. The number of aliphatic hydroxyl groups excluding tert-OH is 1. The van der Waals surface area contributed by atoms with Crippen molar-refractivity contribution in [2.75, 3.05) is 0 Å². The lowest BCUT2D eigenvalue weighted by Crippen LogP contribution is -1.98. The van der Waals surface area contributed by atoms with Crippen LogP contribution in [0.3, 0.4) is 0 Å². The van der Waals surface area contributed by atoms with Gasteiger partial charge in [-0.15, -0.1) is 0 Å². The number of hydrogen-bond donors (Lipinski definition) is 1. The molecule has 6 heteroatoms. The van der Waals surface area contributed by atoms with Gasteiger partial charge < -0.3 is 5.11 Å². The highest BCUT2D eigenvalue weighted by Crippen LogP contribution is 2.18. The first kappa shape index (κ1) is 8.33. The molecule has 0 spiro atoms. The summed E-state index contributed by atoms with van der Waals surface area (Å²) in [5, 5.41) is 13.7. The molecule has 1 N–H and O–H groups in total. The highest BCUT2D eigenvalue weighted by Gasteiger charge is 2.14. The van der Waals surface area contributed by atoms with Crippen LogP contribution >= 0.6 is 11.7 Å². The van der Waals surface area contributed by atoms with Crippen LogP contribution < -0.4 is 0 Å². The van der Waals surface area contributed by atoms with E-state index < -0.39 is 6.10 Å². The zero-order valence-electron chi connectivity index (χ0n) is 6.95. The first-order valence-corrected chi connectivity index (χ1v) is 4.44. The van der Waals surface area contributed by atoms with E-state index in [4.69, 9.17) is 0 Å². The second-order valence-electron chi connectivity index (χ2n) is 2.68. The molecule has 0 aliphatic heterocycles. The van der Waals surface area contributed by atoms with Gasteiger partial charge in [-0.1, -0.05) is 0 Å². The largest absolute Gasteiger partial charge is 0.382 e. The predicted octanol–water partition coefficient (Wildman–Crippen LogP) is 0.353. The molecule has 2 aromatic heterocycles. The van der Waals surface area contributed by atoms with Crippen LogP contribution in [0.15, 0.2) is 18.6 Å². The van der Waals surface area contributed by atoms with E-state index in [0.29, 0.717) is 5.69 Å². The molecule has 1 atom stereocenters. The minimum atomic E-state index is -0.715. The lowest BCUT2D eigenvalue weighted by atomic mass is 10.1. The molecular weight excluding hydrogens is 188 g/mol. The van der Waals surface area contributed by atoms with Gasteiger partial charge in [-0.05, 0) is 0 Å². The SMILES string of the molecule is Cn1cc(C(O)c2cnsn2)cn1. The van der Waals surface area contributed by atoms with Gasteiger partial charge >= 0.3 is 0 Å². The van der Waals surface area contributed by atoms with Gasteiger partial charge in [-0.2, -0.15) is 13.8 Å². The molecular formula is C7H8N4OS. The van der Waals surface area contributed by atoms with Gasteiger partial charge in [0.05, 0.1) is 24.1 Å². The fourth-order valence-electron chi connectivity index (χ4n) is 1.04. The van der Waals surface area contributed by atoms with Gasteiger partial charge in [0.1, 0.15) is 11.8 Å². The Bertz CT molecular complexity index is 383. The summed E-state index contributed by atoms with van der Waals surface area (Å²) < 4.78 is 9.40. The molecule has 0 amide bonds. The molecule has 2 rings (SSSR count).